The molecule has 14 heavy (non-hydrogen) atoms. The second-order valence-electron chi connectivity index (χ2n) is 3.54. The van der Waals surface area contributed by atoms with Crippen LogP contribution in [0.3, 0.4) is 0 Å². The van der Waals surface area contributed by atoms with E-state index in [-0.39, 0.29) is 0 Å². The number of unbranched alkanes of at least 4 members (excludes halogenated alkanes) is 2. The van der Waals surface area contributed by atoms with Crippen LogP contribution in [-0.2, 0) is 23.6 Å². The van der Waals surface area contributed by atoms with Crippen molar-refractivity contribution in [1.29, 1.82) is 0 Å². The van der Waals surface area contributed by atoms with E-state index in [0.29, 0.717) is 0 Å². The molecule has 1 rings (SSSR count). The normalized spacial score (nSPS) is 36.7. The van der Waals surface area contributed by atoms with Gasteiger partial charge in [-0.3, -0.25) is 0 Å². The predicted octanol–water partition coefficient (Wildman–Crippen LogP) is 5.69. The lowest BCUT2D eigenvalue weighted by Gasteiger charge is -2.40. The minimum absolute atomic E-state index is 1.06. The zero-order chi connectivity index (χ0) is 10.7. The molecule has 0 aromatic heterocycles. The van der Waals surface area contributed by atoms with Crippen molar-refractivity contribution in [3.8, 4) is 0 Å². The Bertz CT molecular complexity index is 237. The highest BCUT2D eigenvalue weighted by Crippen LogP contribution is 3.05. The minimum Gasteiger partial charge on any atom is -0.0736 e. The summed E-state index contributed by atoms with van der Waals surface area (Å²) in [6, 6.07) is 0. The van der Waals surface area contributed by atoms with Gasteiger partial charge in [-0.2, -0.15) is 0 Å². The van der Waals surface area contributed by atoms with E-state index in [4.69, 9.17) is 23.6 Å². The summed E-state index contributed by atoms with van der Waals surface area (Å²) in [5.41, 5.74) is 0. The molecule has 1 aliphatic rings. The highest BCUT2D eigenvalue weighted by Gasteiger charge is 2.42. The molecule has 0 amide bonds. The van der Waals surface area contributed by atoms with Crippen LogP contribution in [0.5, 0.6) is 0 Å². The monoisotopic (exact) mass is 304 g/mol. The largest absolute Gasteiger partial charge is 0.0736 e. The summed E-state index contributed by atoms with van der Waals surface area (Å²) < 4.78 is -2.12. The number of hydrogen-bond acceptors (Lipinski definition) is 4. The molecule has 0 saturated carbocycles. The van der Waals surface area contributed by atoms with Gasteiger partial charge in [0.05, 0.1) is 8.88 Å². The molecule has 1 heterocycles. The average Bonchev–Trinajstić information content (AvgIpc) is 2.09. The van der Waals surface area contributed by atoms with E-state index in [2.05, 4.69) is 35.9 Å². The highest BCUT2D eigenvalue weighted by molar-refractivity contribution is 9.46. The molecule has 0 radical (unpaired) electrons. The molecule has 6 heteroatoms. The summed E-state index contributed by atoms with van der Waals surface area (Å²) >= 11 is 15.5. The SMILES string of the molecule is CCCCP1(=S)SP(=S)(CCCC)S1. The number of rotatable bonds is 6. The third kappa shape index (κ3) is 4.11. The summed E-state index contributed by atoms with van der Waals surface area (Å²) in [4.78, 5) is 0. The van der Waals surface area contributed by atoms with Gasteiger partial charge in [-0.1, -0.05) is 72.3 Å². The van der Waals surface area contributed by atoms with Gasteiger partial charge in [0.15, 0.2) is 0 Å². The maximum Gasteiger partial charge on any atom is 0.0683 e. The Balaban J connectivity index is 2.33. The number of hydrogen-bond donors (Lipinski definition) is 0. The summed E-state index contributed by atoms with van der Waals surface area (Å²) in [5.74, 6) is 0. The van der Waals surface area contributed by atoms with Crippen molar-refractivity contribution in [2.24, 2.45) is 0 Å². The third-order valence-electron chi connectivity index (χ3n) is 2.07. The smallest absolute Gasteiger partial charge is 0.0683 e. The fourth-order valence-electron chi connectivity index (χ4n) is 1.25. The molecule has 0 nitrogen and oxygen atoms in total. The Morgan fingerprint density at radius 1 is 0.857 bits per heavy atom. The van der Waals surface area contributed by atoms with Gasteiger partial charge < -0.3 is 0 Å². The first-order chi connectivity index (χ1) is 6.54. The standard InChI is InChI=1S/C8H18P2S4/c1-3-5-7-9(11)13-10(12,14-9)8-6-4-2/h3-8H2,1-2H3. The van der Waals surface area contributed by atoms with Gasteiger partial charge in [0.2, 0.25) is 0 Å². The molecule has 0 unspecified atom stereocenters. The van der Waals surface area contributed by atoms with Crippen molar-refractivity contribution in [2.45, 2.75) is 39.5 Å². The van der Waals surface area contributed by atoms with Crippen LogP contribution in [0.15, 0.2) is 0 Å². The van der Waals surface area contributed by atoms with E-state index in [9.17, 15) is 0 Å². The third-order valence-corrected chi connectivity index (χ3v) is 34.4. The zero-order valence-electron chi connectivity index (χ0n) is 8.77. The first kappa shape index (κ1) is 14.1. The van der Waals surface area contributed by atoms with Gasteiger partial charge in [-0.15, -0.1) is 0 Å². The van der Waals surface area contributed by atoms with E-state index >= 15 is 0 Å². The van der Waals surface area contributed by atoms with Crippen molar-refractivity contribution in [1.82, 2.24) is 0 Å². The van der Waals surface area contributed by atoms with Gasteiger partial charge in [0.1, 0.15) is 0 Å². The Morgan fingerprint density at radius 2 is 1.21 bits per heavy atom. The molecule has 0 spiro atoms. The second kappa shape index (κ2) is 6.07. The van der Waals surface area contributed by atoms with Crippen LogP contribution in [0.25, 0.3) is 0 Å². The molecule has 0 N–H and O–H groups in total. The van der Waals surface area contributed by atoms with Crippen molar-refractivity contribution in [2.75, 3.05) is 12.3 Å². The van der Waals surface area contributed by atoms with Crippen molar-refractivity contribution in [3.63, 3.8) is 0 Å². The van der Waals surface area contributed by atoms with Crippen LogP contribution >= 0.6 is 30.9 Å². The topological polar surface area (TPSA) is 0 Å². The van der Waals surface area contributed by atoms with Crippen LogP contribution in [0.4, 0.5) is 0 Å². The summed E-state index contributed by atoms with van der Waals surface area (Å²) in [6.07, 6.45) is 7.72. The molecule has 0 aliphatic carbocycles. The van der Waals surface area contributed by atoms with Gasteiger partial charge in [0.25, 0.3) is 0 Å². The molecule has 0 atom stereocenters. The molecule has 0 aromatic carbocycles. The van der Waals surface area contributed by atoms with Crippen molar-refractivity contribution in [3.05, 3.63) is 0 Å². The van der Waals surface area contributed by atoms with Gasteiger partial charge >= 0.3 is 0 Å². The zero-order valence-corrected chi connectivity index (χ0v) is 13.8. The first-order valence-electron chi connectivity index (χ1n) is 5.14. The van der Waals surface area contributed by atoms with Crippen molar-refractivity contribution < 1.29 is 0 Å². The highest BCUT2D eigenvalue weighted by atomic mass is 33.7. The van der Waals surface area contributed by atoms with Gasteiger partial charge in [-0.25, -0.2) is 0 Å². The molecule has 1 saturated heterocycles. The summed E-state index contributed by atoms with van der Waals surface area (Å²) in [5, 5.41) is 0. The molecule has 1 aliphatic heterocycles. The van der Waals surface area contributed by atoms with Crippen LogP contribution in [0.1, 0.15) is 39.5 Å². The molecule has 0 bridgehead atoms. The Hall–Kier alpha value is 2.00. The van der Waals surface area contributed by atoms with E-state index in [1.54, 1.807) is 0 Å². The maximum absolute atomic E-state index is 5.69. The Labute approximate surface area is 106 Å². The Kier molecular flexibility index (Phi) is 6.10. The maximum atomic E-state index is 5.69. The molecule has 1 fully saturated rings. The van der Waals surface area contributed by atoms with E-state index in [0.717, 1.165) is 0 Å². The van der Waals surface area contributed by atoms with E-state index < -0.39 is 8.88 Å². The first-order valence-corrected chi connectivity index (χ1v) is 15.2. The second-order valence-corrected chi connectivity index (χ2v) is 26.5. The van der Waals surface area contributed by atoms with Crippen LogP contribution < -0.4 is 0 Å². The Morgan fingerprint density at radius 3 is 1.50 bits per heavy atom. The summed E-state index contributed by atoms with van der Waals surface area (Å²) in [7, 11) is 0. The average molecular weight is 304 g/mol. The van der Waals surface area contributed by atoms with Crippen molar-refractivity contribution >= 4 is 54.5 Å². The molecule has 0 aromatic rings. The molecular weight excluding hydrogens is 286 g/mol. The lowest BCUT2D eigenvalue weighted by molar-refractivity contribution is 0.894. The van der Waals surface area contributed by atoms with Crippen LogP contribution in [0.2, 0.25) is 0 Å². The lowest BCUT2D eigenvalue weighted by Crippen LogP contribution is -1.92. The molecule has 84 valence electrons. The summed E-state index contributed by atoms with van der Waals surface area (Å²) in [6.45, 7) is 4.48. The van der Waals surface area contributed by atoms with E-state index in [1.807, 2.05) is 0 Å². The molecular formula is C8H18P2S4. The minimum atomic E-state index is -1.06. The quantitative estimate of drug-likeness (QED) is 0.578. The fraction of sp³-hybridized carbons (Fsp3) is 1.00. The van der Waals surface area contributed by atoms with Crippen LogP contribution in [0, 0.1) is 0 Å². The van der Waals surface area contributed by atoms with Crippen LogP contribution in [-0.4, -0.2) is 12.3 Å². The fourth-order valence-corrected chi connectivity index (χ4v) is 48.9. The van der Waals surface area contributed by atoms with Gasteiger partial charge in [0, 0.05) is 0 Å². The van der Waals surface area contributed by atoms with Gasteiger partial charge in [-0.05, 0) is 25.2 Å². The predicted molar refractivity (Wildman–Crippen MR) is 83.3 cm³/mol. The van der Waals surface area contributed by atoms with E-state index in [1.165, 1.54) is 38.0 Å². The lowest BCUT2D eigenvalue weighted by atomic mass is 10.4.